The molecule has 0 fully saturated rings. The number of aromatic nitrogens is 2. The van der Waals surface area contributed by atoms with Crippen LogP contribution in [-0.2, 0) is 0 Å². The zero-order valence-electron chi connectivity index (χ0n) is 11.5. The molecule has 0 aliphatic heterocycles. The van der Waals surface area contributed by atoms with Gasteiger partial charge in [0.15, 0.2) is 10.8 Å². The van der Waals surface area contributed by atoms with E-state index in [-0.39, 0.29) is 16.8 Å². The van der Waals surface area contributed by atoms with Gasteiger partial charge in [0.1, 0.15) is 0 Å². The number of carbonyl (C=O) groups is 2. The Labute approximate surface area is 126 Å². The molecule has 2 rings (SSSR count). The van der Waals surface area contributed by atoms with Gasteiger partial charge in [0, 0.05) is 18.3 Å². The zero-order chi connectivity index (χ0) is 15.4. The van der Waals surface area contributed by atoms with E-state index in [1.54, 1.807) is 32.2 Å². The third-order valence-corrected chi connectivity index (χ3v) is 3.03. The van der Waals surface area contributed by atoms with Crippen molar-refractivity contribution in [2.75, 3.05) is 12.4 Å². The van der Waals surface area contributed by atoms with Gasteiger partial charge in [-0.2, -0.15) is 0 Å². The zero-order valence-corrected chi connectivity index (χ0v) is 12.2. The predicted molar refractivity (Wildman–Crippen MR) is 79.6 cm³/mol. The van der Waals surface area contributed by atoms with E-state index in [9.17, 15) is 9.59 Å². The fourth-order valence-electron chi connectivity index (χ4n) is 1.71. The first-order valence-electron chi connectivity index (χ1n) is 6.14. The third kappa shape index (κ3) is 3.55. The Morgan fingerprint density at radius 3 is 2.43 bits per heavy atom. The van der Waals surface area contributed by atoms with Crippen LogP contribution in [0.5, 0.6) is 0 Å². The summed E-state index contributed by atoms with van der Waals surface area (Å²) in [6, 6.07) is 7.97. The second kappa shape index (κ2) is 6.32. The smallest absolute Gasteiger partial charge is 0.276 e. The lowest BCUT2D eigenvalue weighted by Gasteiger charge is -2.09. The molecule has 0 bridgehead atoms. The van der Waals surface area contributed by atoms with E-state index in [0.29, 0.717) is 11.3 Å². The highest BCUT2D eigenvalue weighted by atomic mass is 35.5. The van der Waals surface area contributed by atoms with Gasteiger partial charge in [0.2, 0.25) is 0 Å². The summed E-state index contributed by atoms with van der Waals surface area (Å²) in [6.45, 7) is 1.80. The van der Waals surface area contributed by atoms with Crippen molar-refractivity contribution in [1.82, 2.24) is 15.5 Å². The van der Waals surface area contributed by atoms with Gasteiger partial charge in [0.25, 0.3) is 11.8 Å². The van der Waals surface area contributed by atoms with Gasteiger partial charge in [-0.05, 0) is 42.8 Å². The number of nitrogens with one attached hydrogen (secondary N) is 2. The predicted octanol–water partition coefficient (Wildman–Crippen LogP) is 2.05. The lowest BCUT2D eigenvalue weighted by molar-refractivity contribution is 0.0962. The molecule has 2 amide bonds. The Hall–Kier alpha value is -2.47. The summed E-state index contributed by atoms with van der Waals surface area (Å²) in [6.07, 6.45) is 0. The highest BCUT2D eigenvalue weighted by Gasteiger charge is 2.11. The first-order chi connectivity index (χ1) is 10.0. The van der Waals surface area contributed by atoms with Crippen molar-refractivity contribution in [3.63, 3.8) is 0 Å². The SMILES string of the molecule is CNC(=O)c1ccc(NC(=O)c2ccc(Cl)nn2)c(C)c1. The minimum absolute atomic E-state index is 0.161. The number of rotatable bonds is 3. The molecule has 7 heteroatoms. The van der Waals surface area contributed by atoms with Crippen LogP contribution in [-0.4, -0.2) is 29.1 Å². The van der Waals surface area contributed by atoms with Crippen LogP contribution >= 0.6 is 11.6 Å². The number of carbonyl (C=O) groups excluding carboxylic acids is 2. The molecule has 6 nitrogen and oxygen atoms in total. The number of nitrogens with zero attached hydrogens (tertiary/aromatic N) is 2. The van der Waals surface area contributed by atoms with Crippen molar-refractivity contribution in [1.29, 1.82) is 0 Å². The average molecular weight is 305 g/mol. The second-order valence-corrected chi connectivity index (χ2v) is 4.69. The van der Waals surface area contributed by atoms with E-state index in [2.05, 4.69) is 20.8 Å². The molecule has 1 heterocycles. The number of aryl methyl sites for hydroxylation is 1. The van der Waals surface area contributed by atoms with Crippen LogP contribution in [0.15, 0.2) is 30.3 Å². The summed E-state index contributed by atoms with van der Waals surface area (Å²) in [5.41, 5.74) is 2.06. The highest BCUT2D eigenvalue weighted by Crippen LogP contribution is 2.17. The number of hydrogen-bond acceptors (Lipinski definition) is 4. The van der Waals surface area contributed by atoms with Gasteiger partial charge in [-0.3, -0.25) is 9.59 Å². The molecule has 2 N–H and O–H groups in total. The normalized spacial score (nSPS) is 10.0. The van der Waals surface area contributed by atoms with Gasteiger partial charge in [-0.1, -0.05) is 11.6 Å². The molecule has 21 heavy (non-hydrogen) atoms. The average Bonchev–Trinajstić information content (AvgIpc) is 2.49. The van der Waals surface area contributed by atoms with Crippen molar-refractivity contribution in [3.8, 4) is 0 Å². The van der Waals surface area contributed by atoms with Gasteiger partial charge in [-0.25, -0.2) is 0 Å². The first-order valence-corrected chi connectivity index (χ1v) is 6.52. The van der Waals surface area contributed by atoms with Crippen LogP contribution in [0.25, 0.3) is 0 Å². The highest BCUT2D eigenvalue weighted by molar-refractivity contribution is 6.29. The molecular weight excluding hydrogens is 292 g/mol. The molecule has 2 aromatic rings. The van der Waals surface area contributed by atoms with E-state index in [0.717, 1.165) is 5.56 Å². The monoisotopic (exact) mass is 304 g/mol. The molecule has 108 valence electrons. The molecule has 0 aliphatic rings. The minimum Gasteiger partial charge on any atom is -0.355 e. The van der Waals surface area contributed by atoms with E-state index < -0.39 is 5.91 Å². The minimum atomic E-state index is -0.394. The topological polar surface area (TPSA) is 84.0 Å². The lowest BCUT2D eigenvalue weighted by atomic mass is 10.1. The number of hydrogen-bond donors (Lipinski definition) is 2. The Bertz CT molecular complexity index is 686. The van der Waals surface area contributed by atoms with Gasteiger partial charge in [-0.15, -0.1) is 10.2 Å². The van der Waals surface area contributed by atoms with Gasteiger partial charge >= 0.3 is 0 Å². The quantitative estimate of drug-likeness (QED) is 0.909. The standard InChI is InChI=1S/C14H13ClN4O2/c1-8-7-9(13(20)16-2)3-4-10(8)17-14(21)11-5-6-12(15)19-18-11/h3-7H,1-2H3,(H,16,20)(H,17,21). The molecule has 0 saturated heterocycles. The fourth-order valence-corrected chi connectivity index (χ4v) is 1.81. The van der Waals surface area contributed by atoms with Crippen molar-refractivity contribution < 1.29 is 9.59 Å². The van der Waals surface area contributed by atoms with Crippen LogP contribution in [0.4, 0.5) is 5.69 Å². The maximum Gasteiger partial charge on any atom is 0.276 e. The van der Waals surface area contributed by atoms with Crippen LogP contribution in [0, 0.1) is 6.92 Å². The summed E-state index contributed by atoms with van der Waals surface area (Å²) >= 11 is 5.62. The van der Waals surface area contributed by atoms with Crippen molar-refractivity contribution in [3.05, 3.63) is 52.3 Å². The van der Waals surface area contributed by atoms with Gasteiger partial charge in [0.05, 0.1) is 0 Å². The molecular formula is C14H13ClN4O2. The number of anilines is 1. The molecule has 0 spiro atoms. The Kier molecular flexibility index (Phi) is 4.49. The molecule has 0 unspecified atom stereocenters. The summed E-state index contributed by atoms with van der Waals surface area (Å²) in [5, 5.41) is 12.8. The number of benzene rings is 1. The van der Waals surface area contributed by atoms with Crippen LogP contribution < -0.4 is 10.6 Å². The lowest BCUT2D eigenvalue weighted by Crippen LogP contribution is -2.18. The van der Waals surface area contributed by atoms with E-state index in [4.69, 9.17) is 11.6 Å². The van der Waals surface area contributed by atoms with Crippen molar-refractivity contribution >= 4 is 29.1 Å². The summed E-state index contributed by atoms with van der Waals surface area (Å²) in [7, 11) is 1.56. The number of amides is 2. The van der Waals surface area contributed by atoms with Crippen LogP contribution in [0.1, 0.15) is 26.4 Å². The molecule has 0 atom stereocenters. The van der Waals surface area contributed by atoms with Gasteiger partial charge < -0.3 is 10.6 Å². The summed E-state index contributed by atoms with van der Waals surface area (Å²) in [5.74, 6) is -0.575. The van der Waals surface area contributed by atoms with E-state index in [1.165, 1.54) is 12.1 Å². The molecule has 1 aromatic heterocycles. The summed E-state index contributed by atoms with van der Waals surface area (Å²) < 4.78 is 0. The fraction of sp³-hybridized carbons (Fsp3) is 0.143. The van der Waals surface area contributed by atoms with Crippen molar-refractivity contribution in [2.45, 2.75) is 6.92 Å². The van der Waals surface area contributed by atoms with E-state index >= 15 is 0 Å². The Morgan fingerprint density at radius 1 is 1.10 bits per heavy atom. The maximum absolute atomic E-state index is 12.0. The van der Waals surface area contributed by atoms with Crippen LogP contribution in [0.3, 0.4) is 0 Å². The number of halogens is 1. The second-order valence-electron chi connectivity index (χ2n) is 4.30. The maximum atomic E-state index is 12.0. The van der Waals surface area contributed by atoms with E-state index in [1.807, 2.05) is 0 Å². The molecule has 0 radical (unpaired) electrons. The first kappa shape index (κ1) is 14.9. The van der Waals surface area contributed by atoms with Crippen LogP contribution in [0.2, 0.25) is 5.15 Å². The largest absolute Gasteiger partial charge is 0.355 e. The Balaban J connectivity index is 2.18. The third-order valence-electron chi connectivity index (χ3n) is 2.83. The molecule has 0 saturated carbocycles. The van der Waals surface area contributed by atoms with Crippen molar-refractivity contribution in [2.24, 2.45) is 0 Å². The Morgan fingerprint density at radius 2 is 1.86 bits per heavy atom. The molecule has 0 aliphatic carbocycles. The summed E-state index contributed by atoms with van der Waals surface area (Å²) in [4.78, 5) is 23.5. The molecule has 1 aromatic carbocycles.